The maximum Gasteiger partial charge on any atom is 0.115 e. The third kappa shape index (κ3) is 2.02. The molecule has 0 saturated heterocycles. The lowest BCUT2D eigenvalue weighted by molar-refractivity contribution is 0.813. The van der Waals surface area contributed by atoms with Gasteiger partial charge >= 0.3 is 0 Å². The minimum absolute atomic E-state index is 0.172. The summed E-state index contributed by atoms with van der Waals surface area (Å²) in [5.74, 6) is 0. The molecule has 0 amide bonds. The number of aryl methyl sites for hydroxylation is 1. The molecule has 1 heterocycles. The molecule has 0 aliphatic carbocycles. The summed E-state index contributed by atoms with van der Waals surface area (Å²) >= 11 is 0. The topological polar surface area (TPSA) is 51.8 Å². The quantitative estimate of drug-likeness (QED) is 0.802. The zero-order valence-corrected chi connectivity index (χ0v) is 8.59. The molecule has 0 fully saturated rings. The lowest BCUT2D eigenvalue weighted by Crippen LogP contribution is -2.14. The van der Waals surface area contributed by atoms with Crippen LogP contribution in [0.5, 0.6) is 0 Å². The maximum absolute atomic E-state index is 6.13. The van der Waals surface area contributed by atoms with E-state index in [2.05, 4.69) is 23.0 Å². The smallest absolute Gasteiger partial charge is 0.115 e. The van der Waals surface area contributed by atoms with Gasteiger partial charge in [0.15, 0.2) is 0 Å². The Morgan fingerprint density at radius 2 is 2.00 bits per heavy atom. The number of benzene rings is 1. The van der Waals surface area contributed by atoms with Crippen LogP contribution in [0.15, 0.2) is 42.9 Å². The Bertz CT molecular complexity index is 440. The summed E-state index contributed by atoms with van der Waals surface area (Å²) in [6, 6.07) is 9.75. The second-order valence-corrected chi connectivity index (χ2v) is 3.47. The summed E-state index contributed by atoms with van der Waals surface area (Å²) in [5, 5.41) is 0. The highest BCUT2D eigenvalue weighted by Crippen LogP contribution is 2.19. The monoisotopic (exact) mass is 199 g/mol. The van der Waals surface area contributed by atoms with Gasteiger partial charge in [0.05, 0.1) is 11.7 Å². The molecule has 0 aliphatic heterocycles. The molecule has 15 heavy (non-hydrogen) atoms. The lowest BCUT2D eigenvalue weighted by Gasteiger charge is -2.13. The van der Waals surface area contributed by atoms with E-state index in [1.54, 1.807) is 6.20 Å². The molecule has 2 N–H and O–H groups in total. The van der Waals surface area contributed by atoms with E-state index in [9.17, 15) is 0 Å². The van der Waals surface area contributed by atoms with Crippen molar-refractivity contribution < 1.29 is 0 Å². The van der Waals surface area contributed by atoms with Crippen LogP contribution in [0.2, 0.25) is 0 Å². The van der Waals surface area contributed by atoms with E-state index in [1.165, 1.54) is 11.9 Å². The van der Waals surface area contributed by atoms with Crippen molar-refractivity contribution >= 4 is 0 Å². The molecule has 0 saturated carbocycles. The van der Waals surface area contributed by atoms with Crippen molar-refractivity contribution in [2.45, 2.75) is 13.0 Å². The van der Waals surface area contributed by atoms with Crippen molar-refractivity contribution in [1.29, 1.82) is 0 Å². The minimum Gasteiger partial charge on any atom is -0.319 e. The highest BCUT2D eigenvalue weighted by atomic mass is 14.8. The van der Waals surface area contributed by atoms with Gasteiger partial charge in [-0.1, -0.05) is 24.3 Å². The van der Waals surface area contributed by atoms with Crippen LogP contribution in [-0.4, -0.2) is 9.97 Å². The van der Waals surface area contributed by atoms with E-state index < -0.39 is 0 Å². The lowest BCUT2D eigenvalue weighted by atomic mass is 9.99. The first-order valence-electron chi connectivity index (χ1n) is 4.86. The molecule has 0 spiro atoms. The Kier molecular flexibility index (Phi) is 2.74. The summed E-state index contributed by atoms with van der Waals surface area (Å²) in [6.07, 6.45) is 3.23. The summed E-state index contributed by atoms with van der Waals surface area (Å²) < 4.78 is 0. The van der Waals surface area contributed by atoms with Gasteiger partial charge in [-0.3, -0.25) is 0 Å². The number of aromatic nitrogens is 2. The molecule has 2 aromatic rings. The van der Waals surface area contributed by atoms with Crippen molar-refractivity contribution in [3.8, 4) is 0 Å². The van der Waals surface area contributed by atoms with Crippen molar-refractivity contribution in [3.05, 3.63) is 59.7 Å². The van der Waals surface area contributed by atoms with Gasteiger partial charge in [-0.2, -0.15) is 0 Å². The van der Waals surface area contributed by atoms with Crippen LogP contribution in [0, 0.1) is 6.92 Å². The van der Waals surface area contributed by atoms with E-state index in [1.807, 2.05) is 24.3 Å². The van der Waals surface area contributed by atoms with E-state index in [-0.39, 0.29) is 6.04 Å². The molecule has 1 atom stereocenters. The van der Waals surface area contributed by atoms with E-state index in [0.717, 1.165) is 11.3 Å². The largest absolute Gasteiger partial charge is 0.319 e. The minimum atomic E-state index is -0.172. The van der Waals surface area contributed by atoms with E-state index in [0.29, 0.717) is 0 Å². The van der Waals surface area contributed by atoms with Gasteiger partial charge in [0.2, 0.25) is 0 Å². The first-order valence-corrected chi connectivity index (χ1v) is 4.86. The standard InChI is InChI=1S/C12H13N3/c1-9-4-2-3-5-10(9)12(13)11-6-7-14-8-15-11/h2-8,12H,13H2,1H3. The fraction of sp³-hybridized carbons (Fsp3) is 0.167. The Morgan fingerprint density at radius 1 is 1.20 bits per heavy atom. The highest BCUT2D eigenvalue weighted by Gasteiger charge is 2.11. The summed E-state index contributed by atoms with van der Waals surface area (Å²) in [7, 11) is 0. The predicted molar refractivity (Wildman–Crippen MR) is 59.2 cm³/mol. The third-order valence-electron chi connectivity index (χ3n) is 2.45. The molecule has 0 aliphatic rings. The van der Waals surface area contributed by atoms with Gasteiger partial charge in [-0.25, -0.2) is 9.97 Å². The second-order valence-electron chi connectivity index (χ2n) is 3.47. The summed E-state index contributed by atoms with van der Waals surface area (Å²) in [6.45, 7) is 2.05. The van der Waals surface area contributed by atoms with Gasteiger partial charge in [0, 0.05) is 6.20 Å². The van der Waals surface area contributed by atoms with Crippen molar-refractivity contribution in [1.82, 2.24) is 9.97 Å². The molecule has 3 heteroatoms. The summed E-state index contributed by atoms with van der Waals surface area (Å²) in [5.41, 5.74) is 9.26. The van der Waals surface area contributed by atoms with Gasteiger partial charge in [0.25, 0.3) is 0 Å². The number of nitrogens with two attached hydrogens (primary N) is 1. The predicted octanol–water partition coefficient (Wildman–Crippen LogP) is 1.83. The number of hydrogen-bond donors (Lipinski definition) is 1. The molecule has 1 unspecified atom stereocenters. The third-order valence-corrected chi connectivity index (χ3v) is 2.45. The molecule has 0 radical (unpaired) electrons. The molecule has 3 nitrogen and oxygen atoms in total. The first-order chi connectivity index (χ1) is 7.29. The Labute approximate surface area is 89.0 Å². The summed E-state index contributed by atoms with van der Waals surface area (Å²) in [4.78, 5) is 8.04. The van der Waals surface area contributed by atoms with Gasteiger partial charge in [-0.15, -0.1) is 0 Å². The van der Waals surface area contributed by atoms with Crippen LogP contribution < -0.4 is 5.73 Å². The molecule has 1 aromatic carbocycles. The number of hydrogen-bond acceptors (Lipinski definition) is 3. The average Bonchev–Trinajstić information content (AvgIpc) is 2.30. The van der Waals surface area contributed by atoms with Gasteiger partial charge in [-0.05, 0) is 24.1 Å². The van der Waals surface area contributed by atoms with E-state index >= 15 is 0 Å². The molecular formula is C12H13N3. The van der Waals surface area contributed by atoms with Crippen molar-refractivity contribution in [2.24, 2.45) is 5.73 Å². The second kappa shape index (κ2) is 4.19. The molecular weight excluding hydrogens is 186 g/mol. The maximum atomic E-state index is 6.13. The SMILES string of the molecule is Cc1ccccc1C(N)c1ccncn1. The van der Waals surface area contributed by atoms with Crippen LogP contribution in [0.25, 0.3) is 0 Å². The normalized spacial score (nSPS) is 12.4. The average molecular weight is 199 g/mol. The van der Waals surface area contributed by atoms with Crippen LogP contribution in [0.4, 0.5) is 0 Å². The van der Waals surface area contributed by atoms with Crippen LogP contribution in [0.3, 0.4) is 0 Å². The molecule has 0 bridgehead atoms. The molecule has 2 rings (SSSR count). The zero-order valence-electron chi connectivity index (χ0n) is 8.59. The Balaban J connectivity index is 2.37. The van der Waals surface area contributed by atoms with Crippen molar-refractivity contribution in [3.63, 3.8) is 0 Å². The first kappa shape index (κ1) is 9.80. The van der Waals surface area contributed by atoms with Crippen LogP contribution in [-0.2, 0) is 0 Å². The Hall–Kier alpha value is -1.74. The van der Waals surface area contributed by atoms with Crippen LogP contribution in [0.1, 0.15) is 22.9 Å². The molecule has 76 valence electrons. The van der Waals surface area contributed by atoms with Gasteiger partial charge in [0.1, 0.15) is 6.33 Å². The molecule has 1 aromatic heterocycles. The Morgan fingerprint density at radius 3 is 2.67 bits per heavy atom. The zero-order chi connectivity index (χ0) is 10.7. The van der Waals surface area contributed by atoms with Crippen molar-refractivity contribution in [2.75, 3.05) is 0 Å². The number of nitrogens with zero attached hydrogens (tertiary/aromatic N) is 2. The van der Waals surface area contributed by atoms with Gasteiger partial charge < -0.3 is 5.73 Å². The fourth-order valence-corrected chi connectivity index (χ4v) is 1.58. The fourth-order valence-electron chi connectivity index (χ4n) is 1.58. The van der Waals surface area contributed by atoms with Crippen LogP contribution >= 0.6 is 0 Å². The highest BCUT2D eigenvalue weighted by molar-refractivity contribution is 5.33. The van der Waals surface area contributed by atoms with E-state index in [4.69, 9.17) is 5.73 Å². The number of rotatable bonds is 2.